The van der Waals surface area contributed by atoms with Crippen LogP contribution in [0.5, 0.6) is 0 Å². The minimum absolute atomic E-state index is 0.641. The smallest absolute Gasteiger partial charge is 0.128 e. The highest BCUT2D eigenvalue weighted by atomic mass is 32.2. The third kappa shape index (κ3) is 3.51. The van der Waals surface area contributed by atoms with Crippen molar-refractivity contribution in [3.63, 3.8) is 0 Å². The third-order valence-corrected chi connectivity index (χ3v) is 5.09. The fourth-order valence-corrected chi connectivity index (χ4v) is 3.80. The molecule has 0 spiro atoms. The van der Waals surface area contributed by atoms with Gasteiger partial charge in [0.05, 0.1) is 4.88 Å². The van der Waals surface area contributed by atoms with Crippen molar-refractivity contribution in [3.05, 3.63) is 71.2 Å². The van der Waals surface area contributed by atoms with E-state index in [4.69, 9.17) is 0 Å². The molecule has 0 amide bonds. The molecular formula is C19H15N3S2. The van der Waals surface area contributed by atoms with Crippen LogP contribution in [-0.2, 0) is 0 Å². The van der Waals surface area contributed by atoms with Gasteiger partial charge in [-0.3, -0.25) is 0 Å². The Kier molecular flexibility index (Phi) is 5.32. The molecule has 0 aliphatic heterocycles. The molecule has 0 radical (unpaired) electrons. The van der Waals surface area contributed by atoms with Crippen LogP contribution >= 0.6 is 23.3 Å². The number of anilines is 1. The van der Waals surface area contributed by atoms with Gasteiger partial charge in [0.1, 0.15) is 16.7 Å². The number of para-hydroxylation sites is 1. The molecule has 118 valence electrons. The summed E-state index contributed by atoms with van der Waals surface area (Å²) >= 11 is 2.83. The molecule has 0 atom stereocenters. The van der Waals surface area contributed by atoms with Crippen LogP contribution in [-0.4, -0.2) is 10.6 Å². The molecule has 1 aromatic heterocycles. The van der Waals surface area contributed by atoms with E-state index in [2.05, 4.69) is 34.0 Å². The van der Waals surface area contributed by atoms with Crippen LogP contribution < -0.4 is 5.32 Å². The first-order chi connectivity index (χ1) is 11.8. The number of aromatic nitrogens is 1. The molecule has 3 rings (SSSR count). The second kappa shape index (κ2) is 7.82. The van der Waals surface area contributed by atoms with Crippen LogP contribution in [0.15, 0.2) is 65.8 Å². The fourth-order valence-electron chi connectivity index (χ4n) is 2.33. The zero-order valence-electron chi connectivity index (χ0n) is 13.1. The van der Waals surface area contributed by atoms with Crippen molar-refractivity contribution in [1.29, 1.82) is 5.26 Å². The van der Waals surface area contributed by atoms with E-state index in [0.717, 1.165) is 26.7 Å². The van der Waals surface area contributed by atoms with E-state index < -0.39 is 0 Å². The SMILES string of the molecule is CSc1nsc(/C=C\Nc2ccccc2-c2ccccc2)c1C#N. The molecule has 24 heavy (non-hydrogen) atoms. The van der Waals surface area contributed by atoms with Gasteiger partial charge in [0, 0.05) is 17.5 Å². The summed E-state index contributed by atoms with van der Waals surface area (Å²) in [6.07, 6.45) is 5.69. The highest BCUT2D eigenvalue weighted by molar-refractivity contribution is 7.98. The summed E-state index contributed by atoms with van der Waals surface area (Å²) < 4.78 is 4.30. The van der Waals surface area contributed by atoms with Crippen LogP contribution in [0.1, 0.15) is 10.4 Å². The molecule has 0 fully saturated rings. The first-order valence-electron chi connectivity index (χ1n) is 7.35. The van der Waals surface area contributed by atoms with Gasteiger partial charge in [0.25, 0.3) is 0 Å². The maximum absolute atomic E-state index is 9.28. The van der Waals surface area contributed by atoms with E-state index >= 15 is 0 Å². The van der Waals surface area contributed by atoms with Crippen LogP contribution in [0.4, 0.5) is 5.69 Å². The highest BCUT2D eigenvalue weighted by Crippen LogP contribution is 2.29. The van der Waals surface area contributed by atoms with Crippen LogP contribution in [0.2, 0.25) is 0 Å². The van der Waals surface area contributed by atoms with E-state index in [9.17, 15) is 5.26 Å². The number of nitrogens with one attached hydrogen (secondary N) is 1. The van der Waals surface area contributed by atoms with E-state index in [1.54, 1.807) is 0 Å². The lowest BCUT2D eigenvalue weighted by Crippen LogP contribution is -1.91. The summed E-state index contributed by atoms with van der Waals surface area (Å²) in [5.74, 6) is 0. The molecule has 3 nitrogen and oxygen atoms in total. The molecule has 0 unspecified atom stereocenters. The maximum atomic E-state index is 9.28. The predicted octanol–water partition coefficient (Wildman–Crippen LogP) is 5.49. The van der Waals surface area contributed by atoms with E-state index in [-0.39, 0.29) is 0 Å². The van der Waals surface area contributed by atoms with Gasteiger partial charge in [-0.15, -0.1) is 11.8 Å². The molecule has 3 aromatic rings. The Labute approximate surface area is 149 Å². The number of thioether (sulfide) groups is 1. The largest absolute Gasteiger partial charge is 0.361 e. The predicted molar refractivity (Wildman–Crippen MR) is 103 cm³/mol. The number of nitrogens with zero attached hydrogens (tertiary/aromatic N) is 2. The van der Waals surface area contributed by atoms with Gasteiger partial charge in [-0.05, 0) is 35.5 Å². The average Bonchev–Trinajstić information content (AvgIpc) is 3.05. The Hall–Kier alpha value is -2.55. The van der Waals surface area contributed by atoms with Crippen molar-refractivity contribution in [2.24, 2.45) is 0 Å². The number of hydrogen-bond acceptors (Lipinski definition) is 5. The van der Waals surface area contributed by atoms with Gasteiger partial charge in [0.2, 0.25) is 0 Å². The minimum atomic E-state index is 0.641. The molecule has 0 aliphatic carbocycles. The quantitative estimate of drug-likeness (QED) is 0.619. The van der Waals surface area contributed by atoms with Crippen LogP contribution in [0, 0.1) is 11.3 Å². The van der Waals surface area contributed by atoms with Gasteiger partial charge < -0.3 is 5.32 Å². The van der Waals surface area contributed by atoms with Crippen molar-refractivity contribution >= 4 is 35.1 Å². The van der Waals surface area contributed by atoms with Crippen LogP contribution in [0.3, 0.4) is 0 Å². The molecule has 0 saturated carbocycles. The van der Waals surface area contributed by atoms with E-state index in [1.165, 1.54) is 23.3 Å². The standard InChI is InChI=1S/C19H15N3S2/c1-23-19-16(13-20)18(24-22-19)11-12-21-17-10-6-5-9-15(17)14-7-3-2-4-8-14/h2-12,21H,1H3/b12-11-. The molecule has 0 saturated heterocycles. The van der Waals surface area contributed by atoms with Gasteiger partial charge in [-0.2, -0.15) is 9.64 Å². The number of hydrogen-bond donors (Lipinski definition) is 1. The van der Waals surface area contributed by atoms with Crippen molar-refractivity contribution in [2.75, 3.05) is 11.6 Å². The normalized spacial score (nSPS) is 10.7. The summed E-state index contributed by atoms with van der Waals surface area (Å²) in [7, 11) is 0. The fraction of sp³-hybridized carbons (Fsp3) is 0.0526. The Morgan fingerprint density at radius 1 is 1.12 bits per heavy atom. The van der Waals surface area contributed by atoms with Gasteiger partial charge >= 0.3 is 0 Å². The van der Waals surface area contributed by atoms with Crippen molar-refractivity contribution in [3.8, 4) is 17.2 Å². The zero-order chi connectivity index (χ0) is 16.8. The molecular weight excluding hydrogens is 334 g/mol. The first-order valence-corrected chi connectivity index (χ1v) is 9.34. The lowest BCUT2D eigenvalue weighted by molar-refractivity contribution is 1.25. The molecule has 1 N–H and O–H groups in total. The molecule has 0 aliphatic rings. The van der Waals surface area contributed by atoms with Gasteiger partial charge in [0.15, 0.2) is 0 Å². The lowest BCUT2D eigenvalue weighted by Gasteiger charge is -2.09. The summed E-state index contributed by atoms with van der Waals surface area (Å²) in [5, 5.41) is 13.4. The Balaban J connectivity index is 1.84. The van der Waals surface area contributed by atoms with Crippen LogP contribution in [0.25, 0.3) is 17.2 Å². The minimum Gasteiger partial charge on any atom is -0.361 e. The first kappa shape index (κ1) is 16.3. The lowest BCUT2D eigenvalue weighted by atomic mass is 10.0. The summed E-state index contributed by atoms with van der Waals surface area (Å²) in [4.78, 5) is 0.867. The summed E-state index contributed by atoms with van der Waals surface area (Å²) in [6, 6.07) is 20.6. The Morgan fingerprint density at radius 2 is 1.88 bits per heavy atom. The number of nitriles is 1. The van der Waals surface area contributed by atoms with Crippen molar-refractivity contribution in [2.45, 2.75) is 5.03 Å². The Morgan fingerprint density at radius 3 is 2.62 bits per heavy atom. The van der Waals surface area contributed by atoms with Crippen molar-refractivity contribution in [1.82, 2.24) is 4.37 Å². The average molecular weight is 349 g/mol. The number of benzene rings is 2. The summed E-state index contributed by atoms with van der Waals surface area (Å²) in [5.41, 5.74) is 3.96. The molecule has 5 heteroatoms. The molecule has 2 aromatic carbocycles. The van der Waals surface area contributed by atoms with Gasteiger partial charge in [-0.1, -0.05) is 48.5 Å². The maximum Gasteiger partial charge on any atom is 0.128 e. The van der Waals surface area contributed by atoms with E-state index in [0.29, 0.717) is 5.56 Å². The molecule has 1 heterocycles. The molecule has 0 bridgehead atoms. The van der Waals surface area contributed by atoms with Crippen molar-refractivity contribution < 1.29 is 0 Å². The van der Waals surface area contributed by atoms with E-state index in [1.807, 2.05) is 54.9 Å². The zero-order valence-corrected chi connectivity index (χ0v) is 14.7. The monoisotopic (exact) mass is 349 g/mol. The topological polar surface area (TPSA) is 48.7 Å². The van der Waals surface area contributed by atoms with Gasteiger partial charge in [-0.25, -0.2) is 0 Å². The second-order valence-corrected chi connectivity index (χ2v) is 6.53. The number of rotatable bonds is 5. The third-order valence-electron chi connectivity index (χ3n) is 3.48. The Bertz CT molecular complexity index is 892. The summed E-state index contributed by atoms with van der Waals surface area (Å²) in [6.45, 7) is 0. The second-order valence-electron chi connectivity index (χ2n) is 4.93. The highest BCUT2D eigenvalue weighted by Gasteiger charge is 2.10.